The van der Waals surface area contributed by atoms with Crippen LogP contribution in [-0.2, 0) is 12.8 Å². The summed E-state index contributed by atoms with van der Waals surface area (Å²) in [5, 5.41) is 0. The highest BCUT2D eigenvalue weighted by molar-refractivity contribution is 5.38. The standard InChI is InChI=1S/C20H25N/c1-20(2)11-10-17-9-8-16(13-18(17)19(21)14-20)12-15-6-4-3-5-7-15/h3-9,13,19H,10-12,14,21H2,1-2H3. The largest absolute Gasteiger partial charge is 0.324 e. The second kappa shape index (κ2) is 5.65. The number of rotatable bonds is 2. The zero-order valence-electron chi connectivity index (χ0n) is 13.1. The van der Waals surface area contributed by atoms with Gasteiger partial charge in [0, 0.05) is 6.04 Å². The van der Waals surface area contributed by atoms with Crippen LogP contribution in [0.3, 0.4) is 0 Å². The molecule has 1 aliphatic carbocycles. The van der Waals surface area contributed by atoms with Gasteiger partial charge in [-0.1, -0.05) is 62.4 Å². The predicted octanol–water partition coefficient (Wildman–Crippen LogP) is 4.64. The molecule has 2 N–H and O–H groups in total. The fourth-order valence-corrected chi connectivity index (χ4v) is 3.44. The molecule has 0 heterocycles. The average molecular weight is 279 g/mol. The number of benzene rings is 2. The van der Waals surface area contributed by atoms with Crippen molar-refractivity contribution >= 4 is 0 Å². The number of hydrogen-bond donors (Lipinski definition) is 1. The van der Waals surface area contributed by atoms with Crippen molar-refractivity contribution in [3.05, 3.63) is 70.8 Å². The van der Waals surface area contributed by atoms with Gasteiger partial charge in [0.05, 0.1) is 0 Å². The third-order valence-electron chi connectivity index (χ3n) is 4.70. The molecule has 0 bridgehead atoms. The number of fused-ring (bicyclic) bond motifs is 1. The van der Waals surface area contributed by atoms with Crippen LogP contribution in [0.1, 0.15) is 55.0 Å². The Labute approximate surface area is 128 Å². The zero-order valence-corrected chi connectivity index (χ0v) is 13.1. The lowest BCUT2D eigenvalue weighted by atomic mass is 9.83. The van der Waals surface area contributed by atoms with Crippen molar-refractivity contribution in [2.75, 3.05) is 0 Å². The lowest BCUT2D eigenvalue weighted by molar-refractivity contribution is 0.294. The predicted molar refractivity (Wildman–Crippen MR) is 89.3 cm³/mol. The van der Waals surface area contributed by atoms with Crippen molar-refractivity contribution in [2.24, 2.45) is 11.1 Å². The molecule has 0 amide bonds. The summed E-state index contributed by atoms with van der Waals surface area (Å²) in [6, 6.07) is 17.7. The van der Waals surface area contributed by atoms with Crippen LogP contribution < -0.4 is 5.73 Å². The van der Waals surface area contributed by atoms with E-state index in [1.54, 1.807) is 0 Å². The van der Waals surface area contributed by atoms with Gasteiger partial charge in [-0.05, 0) is 53.4 Å². The van der Waals surface area contributed by atoms with E-state index < -0.39 is 0 Å². The van der Waals surface area contributed by atoms with Crippen LogP contribution in [0.2, 0.25) is 0 Å². The van der Waals surface area contributed by atoms with E-state index in [2.05, 4.69) is 62.4 Å². The zero-order chi connectivity index (χ0) is 14.9. The normalized spacial score (nSPS) is 20.6. The summed E-state index contributed by atoms with van der Waals surface area (Å²) in [7, 11) is 0. The molecule has 1 unspecified atom stereocenters. The summed E-state index contributed by atoms with van der Waals surface area (Å²) < 4.78 is 0. The highest BCUT2D eigenvalue weighted by Gasteiger charge is 2.27. The van der Waals surface area contributed by atoms with Gasteiger partial charge in [-0.15, -0.1) is 0 Å². The Morgan fingerprint density at radius 3 is 2.57 bits per heavy atom. The molecule has 1 heteroatoms. The molecular weight excluding hydrogens is 254 g/mol. The van der Waals surface area contributed by atoms with Crippen LogP contribution in [-0.4, -0.2) is 0 Å². The first kappa shape index (κ1) is 14.3. The topological polar surface area (TPSA) is 26.0 Å². The van der Waals surface area contributed by atoms with E-state index >= 15 is 0 Å². The van der Waals surface area contributed by atoms with E-state index in [0.717, 1.165) is 19.3 Å². The number of aryl methyl sites for hydroxylation is 1. The molecule has 1 atom stereocenters. The maximum absolute atomic E-state index is 6.48. The number of nitrogens with two attached hydrogens (primary N) is 1. The van der Waals surface area contributed by atoms with Crippen molar-refractivity contribution in [3.8, 4) is 0 Å². The smallest absolute Gasteiger partial charge is 0.0302 e. The Balaban J connectivity index is 1.88. The van der Waals surface area contributed by atoms with Crippen LogP contribution >= 0.6 is 0 Å². The molecule has 110 valence electrons. The van der Waals surface area contributed by atoms with Gasteiger partial charge in [-0.25, -0.2) is 0 Å². The summed E-state index contributed by atoms with van der Waals surface area (Å²) in [5.74, 6) is 0. The van der Waals surface area contributed by atoms with Gasteiger partial charge in [0.1, 0.15) is 0 Å². The van der Waals surface area contributed by atoms with E-state index in [1.165, 1.54) is 28.7 Å². The van der Waals surface area contributed by atoms with Crippen LogP contribution in [0.15, 0.2) is 48.5 Å². The highest BCUT2D eigenvalue weighted by Crippen LogP contribution is 2.38. The summed E-state index contributed by atoms with van der Waals surface area (Å²) >= 11 is 0. The molecule has 0 aromatic heterocycles. The van der Waals surface area contributed by atoms with Crippen molar-refractivity contribution < 1.29 is 0 Å². The molecular formula is C20H25N. The van der Waals surface area contributed by atoms with Gasteiger partial charge in [0.25, 0.3) is 0 Å². The van der Waals surface area contributed by atoms with Crippen LogP contribution in [0.25, 0.3) is 0 Å². The quantitative estimate of drug-likeness (QED) is 0.796. The second-order valence-corrected chi connectivity index (χ2v) is 7.17. The van der Waals surface area contributed by atoms with Crippen molar-refractivity contribution in [1.82, 2.24) is 0 Å². The molecule has 21 heavy (non-hydrogen) atoms. The first-order chi connectivity index (χ1) is 10.0. The van der Waals surface area contributed by atoms with Crippen LogP contribution in [0.5, 0.6) is 0 Å². The minimum Gasteiger partial charge on any atom is -0.324 e. The second-order valence-electron chi connectivity index (χ2n) is 7.17. The molecule has 0 saturated carbocycles. The van der Waals surface area contributed by atoms with Gasteiger partial charge in [-0.2, -0.15) is 0 Å². The van der Waals surface area contributed by atoms with Gasteiger partial charge >= 0.3 is 0 Å². The molecule has 1 aliphatic rings. The molecule has 0 saturated heterocycles. The lowest BCUT2D eigenvalue weighted by Crippen LogP contribution is -2.19. The van der Waals surface area contributed by atoms with Gasteiger partial charge < -0.3 is 5.73 Å². The van der Waals surface area contributed by atoms with E-state index in [9.17, 15) is 0 Å². The molecule has 0 fully saturated rings. The Morgan fingerprint density at radius 2 is 1.81 bits per heavy atom. The molecule has 0 spiro atoms. The molecule has 2 aromatic carbocycles. The van der Waals surface area contributed by atoms with Gasteiger partial charge in [0.2, 0.25) is 0 Å². The van der Waals surface area contributed by atoms with E-state index in [-0.39, 0.29) is 6.04 Å². The minimum atomic E-state index is 0.174. The van der Waals surface area contributed by atoms with E-state index in [1.807, 2.05) is 0 Å². The van der Waals surface area contributed by atoms with Crippen LogP contribution in [0, 0.1) is 5.41 Å². The fourth-order valence-electron chi connectivity index (χ4n) is 3.44. The first-order valence-corrected chi connectivity index (χ1v) is 7.95. The minimum absolute atomic E-state index is 0.174. The molecule has 3 rings (SSSR count). The maximum Gasteiger partial charge on any atom is 0.0302 e. The maximum atomic E-state index is 6.48. The SMILES string of the molecule is CC1(C)CCc2ccc(Cc3ccccc3)cc2C(N)C1. The molecule has 0 aliphatic heterocycles. The molecule has 1 nitrogen and oxygen atoms in total. The fraction of sp³-hybridized carbons (Fsp3) is 0.400. The van der Waals surface area contributed by atoms with Crippen molar-refractivity contribution in [1.29, 1.82) is 0 Å². The number of hydrogen-bond acceptors (Lipinski definition) is 1. The third-order valence-corrected chi connectivity index (χ3v) is 4.70. The van der Waals surface area contributed by atoms with Crippen molar-refractivity contribution in [3.63, 3.8) is 0 Å². The summed E-state index contributed by atoms with van der Waals surface area (Å²) in [5.41, 5.74) is 12.4. The Bertz CT molecular complexity index is 613. The summed E-state index contributed by atoms with van der Waals surface area (Å²) in [4.78, 5) is 0. The molecule has 2 aromatic rings. The summed E-state index contributed by atoms with van der Waals surface area (Å²) in [6.07, 6.45) is 4.45. The van der Waals surface area contributed by atoms with Crippen LogP contribution in [0.4, 0.5) is 0 Å². The third kappa shape index (κ3) is 3.36. The highest BCUT2D eigenvalue weighted by atomic mass is 14.6. The van der Waals surface area contributed by atoms with E-state index in [4.69, 9.17) is 5.73 Å². The average Bonchev–Trinajstić information content (AvgIpc) is 2.57. The van der Waals surface area contributed by atoms with Gasteiger partial charge in [-0.3, -0.25) is 0 Å². The Kier molecular flexibility index (Phi) is 3.86. The van der Waals surface area contributed by atoms with Gasteiger partial charge in [0.15, 0.2) is 0 Å². The van der Waals surface area contributed by atoms with Crippen molar-refractivity contribution in [2.45, 2.75) is 45.6 Å². The first-order valence-electron chi connectivity index (χ1n) is 7.95. The molecule has 0 radical (unpaired) electrons. The monoisotopic (exact) mass is 279 g/mol. The lowest BCUT2D eigenvalue weighted by Gasteiger charge is -2.24. The summed E-state index contributed by atoms with van der Waals surface area (Å²) in [6.45, 7) is 4.67. The Hall–Kier alpha value is -1.60. The Morgan fingerprint density at radius 1 is 1.05 bits per heavy atom. The van der Waals surface area contributed by atoms with E-state index in [0.29, 0.717) is 5.41 Å².